The van der Waals surface area contributed by atoms with Gasteiger partial charge in [-0.25, -0.2) is 9.37 Å². The second-order valence-electron chi connectivity index (χ2n) is 3.65. The number of aryl methyl sites for hydroxylation is 1. The topological polar surface area (TPSA) is 22.1 Å². The van der Waals surface area contributed by atoms with Crippen LogP contribution in [0.4, 0.5) is 4.39 Å². The largest absolute Gasteiger partial charge is 0.439 e. The smallest absolute Gasteiger partial charge is 0.219 e. The molecule has 0 saturated carbocycles. The molecule has 1 aromatic carbocycles. The average molecular weight is 252 g/mol. The van der Waals surface area contributed by atoms with E-state index in [0.29, 0.717) is 17.5 Å². The van der Waals surface area contributed by atoms with Crippen molar-refractivity contribution in [3.63, 3.8) is 0 Å². The molecule has 4 heteroatoms. The first-order valence-electron chi connectivity index (χ1n) is 5.14. The highest BCUT2D eigenvalue weighted by atomic mass is 35.5. The Kier molecular flexibility index (Phi) is 3.59. The van der Waals surface area contributed by atoms with Crippen molar-refractivity contribution in [2.75, 3.05) is 0 Å². The summed E-state index contributed by atoms with van der Waals surface area (Å²) in [6, 6.07) is 7.93. The van der Waals surface area contributed by atoms with E-state index in [0.717, 1.165) is 11.1 Å². The minimum atomic E-state index is -0.331. The number of nitrogens with zero attached hydrogens (tertiary/aromatic N) is 1. The summed E-state index contributed by atoms with van der Waals surface area (Å²) in [4.78, 5) is 4.09. The zero-order valence-corrected chi connectivity index (χ0v) is 10.0. The van der Waals surface area contributed by atoms with Gasteiger partial charge in [-0.15, -0.1) is 11.6 Å². The average Bonchev–Trinajstić information content (AvgIpc) is 2.35. The molecule has 0 aliphatic carbocycles. The molecule has 2 aromatic rings. The Bertz CT molecular complexity index is 513. The molecule has 0 N–H and O–H groups in total. The quantitative estimate of drug-likeness (QED) is 0.768. The van der Waals surface area contributed by atoms with Gasteiger partial charge in [-0.1, -0.05) is 12.1 Å². The van der Waals surface area contributed by atoms with Gasteiger partial charge in [0.15, 0.2) is 0 Å². The van der Waals surface area contributed by atoms with Crippen LogP contribution in [0, 0.1) is 12.7 Å². The molecule has 0 amide bonds. The highest BCUT2D eigenvalue weighted by Crippen LogP contribution is 2.24. The van der Waals surface area contributed by atoms with E-state index in [1.807, 2.05) is 13.0 Å². The molecular weight excluding hydrogens is 241 g/mol. The maximum atomic E-state index is 13.1. The van der Waals surface area contributed by atoms with Crippen molar-refractivity contribution >= 4 is 11.6 Å². The number of benzene rings is 1. The monoisotopic (exact) mass is 251 g/mol. The fourth-order valence-electron chi connectivity index (χ4n) is 1.35. The van der Waals surface area contributed by atoms with Crippen molar-refractivity contribution in [2.24, 2.45) is 0 Å². The molecule has 0 aliphatic heterocycles. The van der Waals surface area contributed by atoms with Gasteiger partial charge >= 0.3 is 0 Å². The highest BCUT2D eigenvalue weighted by Gasteiger charge is 2.04. The normalized spacial score (nSPS) is 10.3. The highest BCUT2D eigenvalue weighted by molar-refractivity contribution is 6.17. The van der Waals surface area contributed by atoms with Crippen molar-refractivity contribution in [3.05, 3.63) is 53.5 Å². The Labute approximate surface area is 104 Å². The summed E-state index contributed by atoms with van der Waals surface area (Å²) >= 11 is 5.66. The molecule has 0 atom stereocenters. The van der Waals surface area contributed by atoms with Gasteiger partial charge in [0.25, 0.3) is 0 Å². The van der Waals surface area contributed by atoms with Gasteiger partial charge in [0.05, 0.1) is 0 Å². The van der Waals surface area contributed by atoms with Crippen molar-refractivity contribution in [1.29, 1.82) is 0 Å². The first kappa shape index (κ1) is 11.9. The van der Waals surface area contributed by atoms with Crippen LogP contribution in [0.25, 0.3) is 0 Å². The molecule has 0 bridgehead atoms. The van der Waals surface area contributed by atoms with Crippen LogP contribution in [0.5, 0.6) is 11.6 Å². The molecule has 1 heterocycles. The summed E-state index contributed by atoms with van der Waals surface area (Å²) < 4.78 is 18.5. The van der Waals surface area contributed by atoms with Crippen LogP contribution in [-0.4, -0.2) is 4.98 Å². The lowest BCUT2D eigenvalue weighted by Crippen LogP contribution is -1.91. The lowest BCUT2D eigenvalue weighted by Gasteiger charge is -2.07. The van der Waals surface area contributed by atoms with Crippen LogP contribution in [0.15, 0.2) is 36.5 Å². The van der Waals surface area contributed by atoms with Crippen LogP contribution in [0.3, 0.4) is 0 Å². The number of aromatic nitrogens is 1. The first-order valence-corrected chi connectivity index (χ1v) is 5.67. The molecule has 88 valence electrons. The van der Waals surface area contributed by atoms with E-state index in [-0.39, 0.29) is 5.82 Å². The molecule has 17 heavy (non-hydrogen) atoms. The number of rotatable bonds is 3. The number of ether oxygens (including phenoxy) is 1. The Hall–Kier alpha value is -1.61. The third kappa shape index (κ3) is 2.94. The van der Waals surface area contributed by atoms with Crippen molar-refractivity contribution < 1.29 is 9.13 Å². The standard InChI is InChI=1S/C13H11ClFNO/c1-9-2-4-11(15)6-12(9)17-13-5-3-10(7-14)8-16-13/h2-6,8H,7H2,1H3. The maximum absolute atomic E-state index is 13.1. The van der Waals surface area contributed by atoms with Gasteiger partial charge < -0.3 is 4.74 Å². The molecule has 0 aliphatic rings. The van der Waals surface area contributed by atoms with E-state index < -0.39 is 0 Å². The number of hydrogen-bond acceptors (Lipinski definition) is 2. The van der Waals surface area contributed by atoms with Gasteiger partial charge in [0.2, 0.25) is 5.88 Å². The molecule has 2 rings (SSSR count). The van der Waals surface area contributed by atoms with Crippen molar-refractivity contribution in [3.8, 4) is 11.6 Å². The Balaban J connectivity index is 2.22. The van der Waals surface area contributed by atoms with Gasteiger partial charge in [0, 0.05) is 24.2 Å². The molecule has 2 nitrogen and oxygen atoms in total. The zero-order valence-electron chi connectivity index (χ0n) is 9.28. The summed E-state index contributed by atoms with van der Waals surface area (Å²) in [6.45, 7) is 1.85. The molecule has 0 spiro atoms. The van der Waals surface area contributed by atoms with E-state index in [2.05, 4.69) is 4.98 Å². The van der Waals surface area contributed by atoms with Gasteiger partial charge in [-0.2, -0.15) is 0 Å². The number of halogens is 2. The molecule has 0 fully saturated rings. The lowest BCUT2D eigenvalue weighted by atomic mass is 10.2. The minimum absolute atomic E-state index is 0.331. The summed E-state index contributed by atoms with van der Waals surface area (Å²) in [5.74, 6) is 0.971. The Morgan fingerprint density at radius 1 is 1.29 bits per heavy atom. The summed E-state index contributed by atoms with van der Waals surface area (Å²) in [5.41, 5.74) is 1.77. The van der Waals surface area contributed by atoms with Gasteiger partial charge in [-0.05, 0) is 24.1 Å². The fraction of sp³-hybridized carbons (Fsp3) is 0.154. The fourth-order valence-corrected chi connectivity index (χ4v) is 1.50. The van der Waals surface area contributed by atoms with Gasteiger partial charge in [0.1, 0.15) is 11.6 Å². The zero-order chi connectivity index (χ0) is 12.3. The molecule has 0 radical (unpaired) electrons. The Morgan fingerprint density at radius 3 is 2.76 bits per heavy atom. The number of pyridine rings is 1. The van der Waals surface area contributed by atoms with E-state index >= 15 is 0 Å². The predicted octanol–water partition coefficient (Wildman–Crippen LogP) is 4.06. The van der Waals surface area contributed by atoms with Crippen molar-refractivity contribution in [2.45, 2.75) is 12.8 Å². The molecule has 0 saturated heterocycles. The first-order chi connectivity index (χ1) is 8.19. The number of hydrogen-bond donors (Lipinski definition) is 0. The summed E-state index contributed by atoms with van der Waals surface area (Å²) in [7, 11) is 0. The van der Waals surface area contributed by atoms with Crippen molar-refractivity contribution in [1.82, 2.24) is 4.98 Å². The molecule has 1 aromatic heterocycles. The molecular formula is C13H11ClFNO. The SMILES string of the molecule is Cc1ccc(F)cc1Oc1ccc(CCl)cn1. The van der Waals surface area contributed by atoms with Crippen LogP contribution in [-0.2, 0) is 5.88 Å². The third-order valence-corrected chi connectivity index (χ3v) is 2.63. The maximum Gasteiger partial charge on any atom is 0.219 e. The van der Waals surface area contributed by atoms with E-state index in [9.17, 15) is 4.39 Å². The van der Waals surface area contributed by atoms with Crippen LogP contribution >= 0.6 is 11.6 Å². The van der Waals surface area contributed by atoms with Crippen LogP contribution in [0.1, 0.15) is 11.1 Å². The predicted molar refractivity (Wildman–Crippen MR) is 65.0 cm³/mol. The van der Waals surface area contributed by atoms with Crippen LogP contribution < -0.4 is 4.74 Å². The summed E-state index contributed by atoms with van der Waals surface area (Å²) in [5, 5.41) is 0. The second-order valence-corrected chi connectivity index (χ2v) is 3.92. The molecule has 0 unspecified atom stereocenters. The number of alkyl halides is 1. The van der Waals surface area contributed by atoms with E-state index in [1.54, 1.807) is 18.3 Å². The van der Waals surface area contributed by atoms with Gasteiger partial charge in [-0.3, -0.25) is 0 Å². The van der Waals surface area contributed by atoms with E-state index in [1.165, 1.54) is 12.1 Å². The Morgan fingerprint density at radius 2 is 2.12 bits per heavy atom. The second kappa shape index (κ2) is 5.15. The lowest BCUT2D eigenvalue weighted by molar-refractivity contribution is 0.454. The minimum Gasteiger partial charge on any atom is -0.439 e. The van der Waals surface area contributed by atoms with Crippen LogP contribution in [0.2, 0.25) is 0 Å². The summed E-state index contributed by atoms with van der Waals surface area (Å²) in [6.07, 6.45) is 1.64. The van der Waals surface area contributed by atoms with E-state index in [4.69, 9.17) is 16.3 Å². The third-order valence-electron chi connectivity index (χ3n) is 2.32.